The van der Waals surface area contributed by atoms with E-state index in [1.54, 1.807) is 0 Å². The molecule has 3 rings (SSSR count). The Balaban J connectivity index is 1.58. The van der Waals surface area contributed by atoms with Gasteiger partial charge in [-0.25, -0.2) is 4.68 Å². The highest BCUT2D eigenvalue weighted by Crippen LogP contribution is 2.19. The molecular formula is C20H26N4O2. The second kappa shape index (κ2) is 8.27. The van der Waals surface area contributed by atoms with Crippen molar-refractivity contribution in [1.29, 1.82) is 0 Å². The number of hydrogen-bond donors (Lipinski definition) is 1. The molecular weight excluding hydrogens is 328 g/mol. The molecule has 1 aromatic heterocycles. The summed E-state index contributed by atoms with van der Waals surface area (Å²) >= 11 is 0. The molecule has 0 bridgehead atoms. The summed E-state index contributed by atoms with van der Waals surface area (Å²) in [6.07, 6.45) is 1.84. The predicted octanol–water partition coefficient (Wildman–Crippen LogP) is 1.83. The summed E-state index contributed by atoms with van der Waals surface area (Å²) in [7, 11) is 0. The lowest BCUT2D eigenvalue weighted by molar-refractivity contribution is 0.0925. The van der Waals surface area contributed by atoms with E-state index in [1.165, 1.54) is 27.9 Å². The fourth-order valence-electron chi connectivity index (χ4n) is 3.30. The van der Waals surface area contributed by atoms with E-state index >= 15 is 0 Å². The van der Waals surface area contributed by atoms with Crippen LogP contribution in [-0.4, -0.2) is 39.7 Å². The maximum Gasteiger partial charge on any atom is 0.271 e. The number of hydrogen-bond acceptors (Lipinski definition) is 4. The van der Waals surface area contributed by atoms with Gasteiger partial charge in [0.05, 0.1) is 0 Å². The lowest BCUT2D eigenvalue weighted by atomic mass is 9.99. The highest BCUT2D eigenvalue weighted by Gasteiger charge is 2.21. The van der Waals surface area contributed by atoms with E-state index < -0.39 is 0 Å². The smallest absolute Gasteiger partial charge is 0.271 e. The minimum atomic E-state index is -0.237. The molecule has 1 amide bonds. The van der Waals surface area contributed by atoms with Crippen molar-refractivity contribution >= 4 is 5.91 Å². The van der Waals surface area contributed by atoms with E-state index in [0.717, 1.165) is 25.9 Å². The van der Waals surface area contributed by atoms with Crippen LogP contribution in [0.15, 0.2) is 41.2 Å². The third kappa shape index (κ3) is 4.19. The maximum atomic E-state index is 12.4. The molecule has 0 saturated carbocycles. The lowest BCUT2D eigenvalue weighted by Gasteiger charge is -2.33. The van der Waals surface area contributed by atoms with Crippen LogP contribution in [0.5, 0.6) is 0 Å². The van der Waals surface area contributed by atoms with E-state index in [-0.39, 0.29) is 23.2 Å². The van der Waals surface area contributed by atoms with Crippen molar-refractivity contribution < 1.29 is 4.79 Å². The van der Waals surface area contributed by atoms with Crippen LogP contribution in [0.3, 0.4) is 0 Å². The molecule has 0 fully saturated rings. The third-order valence-electron chi connectivity index (χ3n) is 4.88. The van der Waals surface area contributed by atoms with Crippen molar-refractivity contribution in [1.82, 2.24) is 20.0 Å². The SMILES string of the molecule is CCCn1nc(C(=O)NCC(C)N2CCc3ccccc3C2)ccc1=O. The lowest BCUT2D eigenvalue weighted by Crippen LogP contribution is -2.44. The largest absolute Gasteiger partial charge is 0.349 e. The topological polar surface area (TPSA) is 67.2 Å². The number of fused-ring (bicyclic) bond motifs is 1. The van der Waals surface area contributed by atoms with E-state index in [1.807, 2.05) is 6.92 Å². The minimum Gasteiger partial charge on any atom is -0.349 e. The number of aryl methyl sites for hydroxylation is 1. The number of amides is 1. The van der Waals surface area contributed by atoms with Gasteiger partial charge in [0.25, 0.3) is 11.5 Å². The van der Waals surface area contributed by atoms with Gasteiger partial charge in [0, 0.05) is 38.3 Å². The molecule has 0 aliphatic carbocycles. The number of carbonyl (C=O) groups is 1. The summed E-state index contributed by atoms with van der Waals surface area (Å²) in [5.74, 6) is -0.237. The summed E-state index contributed by atoms with van der Waals surface area (Å²) in [5.41, 5.74) is 2.89. The Morgan fingerprint density at radius 3 is 2.77 bits per heavy atom. The molecule has 2 heterocycles. The Labute approximate surface area is 153 Å². The monoisotopic (exact) mass is 354 g/mol. The van der Waals surface area contributed by atoms with Crippen molar-refractivity contribution in [2.24, 2.45) is 0 Å². The molecule has 6 heteroatoms. The van der Waals surface area contributed by atoms with Gasteiger partial charge in [-0.1, -0.05) is 31.2 Å². The summed E-state index contributed by atoms with van der Waals surface area (Å²) in [4.78, 5) is 26.5. The molecule has 2 aromatic rings. The quantitative estimate of drug-likeness (QED) is 0.859. The summed E-state index contributed by atoms with van der Waals surface area (Å²) in [6, 6.07) is 11.7. The van der Waals surface area contributed by atoms with Gasteiger partial charge >= 0.3 is 0 Å². The molecule has 138 valence electrons. The third-order valence-corrected chi connectivity index (χ3v) is 4.88. The maximum absolute atomic E-state index is 12.4. The first kappa shape index (κ1) is 18.3. The Kier molecular flexibility index (Phi) is 5.83. The first-order valence-corrected chi connectivity index (χ1v) is 9.25. The van der Waals surface area contributed by atoms with Gasteiger partial charge in [-0.15, -0.1) is 0 Å². The number of aromatic nitrogens is 2. The average Bonchev–Trinajstić information content (AvgIpc) is 2.67. The van der Waals surface area contributed by atoms with Crippen molar-refractivity contribution in [3.05, 3.63) is 63.6 Å². The zero-order valence-electron chi connectivity index (χ0n) is 15.4. The zero-order valence-corrected chi connectivity index (χ0v) is 15.4. The van der Waals surface area contributed by atoms with E-state index in [2.05, 4.69) is 46.5 Å². The van der Waals surface area contributed by atoms with Gasteiger partial charge in [-0.3, -0.25) is 14.5 Å². The molecule has 0 saturated heterocycles. The van der Waals surface area contributed by atoms with Gasteiger partial charge in [0.1, 0.15) is 5.69 Å². The summed E-state index contributed by atoms with van der Waals surface area (Å²) in [5, 5.41) is 7.11. The highest BCUT2D eigenvalue weighted by molar-refractivity contribution is 5.92. The zero-order chi connectivity index (χ0) is 18.5. The Morgan fingerprint density at radius 1 is 1.23 bits per heavy atom. The van der Waals surface area contributed by atoms with Crippen LogP contribution in [0.25, 0.3) is 0 Å². The molecule has 1 aliphatic rings. The number of benzene rings is 1. The predicted molar refractivity (Wildman–Crippen MR) is 101 cm³/mol. The molecule has 1 aromatic carbocycles. The highest BCUT2D eigenvalue weighted by atomic mass is 16.2. The minimum absolute atomic E-state index is 0.177. The summed E-state index contributed by atoms with van der Waals surface area (Å²) < 4.78 is 1.35. The average molecular weight is 354 g/mol. The van der Waals surface area contributed by atoms with Crippen LogP contribution in [0.4, 0.5) is 0 Å². The first-order valence-electron chi connectivity index (χ1n) is 9.25. The second-order valence-corrected chi connectivity index (χ2v) is 6.83. The van der Waals surface area contributed by atoms with Gasteiger partial charge in [-0.2, -0.15) is 5.10 Å². The molecule has 1 aliphatic heterocycles. The van der Waals surface area contributed by atoms with Gasteiger partial charge in [0.15, 0.2) is 0 Å². The van der Waals surface area contributed by atoms with Crippen LogP contribution < -0.4 is 10.9 Å². The number of nitrogens with one attached hydrogen (secondary N) is 1. The van der Waals surface area contributed by atoms with Crippen LogP contribution in [0, 0.1) is 0 Å². The Morgan fingerprint density at radius 2 is 2.00 bits per heavy atom. The number of carbonyl (C=O) groups excluding carboxylic acids is 1. The van der Waals surface area contributed by atoms with E-state index in [4.69, 9.17) is 0 Å². The van der Waals surface area contributed by atoms with Gasteiger partial charge in [0.2, 0.25) is 0 Å². The van der Waals surface area contributed by atoms with E-state index in [9.17, 15) is 9.59 Å². The van der Waals surface area contributed by atoms with Gasteiger partial charge < -0.3 is 5.32 Å². The van der Waals surface area contributed by atoms with Crippen LogP contribution >= 0.6 is 0 Å². The molecule has 0 radical (unpaired) electrons. The molecule has 1 N–H and O–H groups in total. The van der Waals surface area contributed by atoms with Gasteiger partial charge in [-0.05, 0) is 37.0 Å². The summed E-state index contributed by atoms with van der Waals surface area (Å²) in [6.45, 7) is 7.07. The van der Waals surface area contributed by atoms with Crippen molar-refractivity contribution in [3.63, 3.8) is 0 Å². The number of rotatable bonds is 6. The van der Waals surface area contributed by atoms with Crippen LogP contribution in [0.2, 0.25) is 0 Å². The fourth-order valence-corrected chi connectivity index (χ4v) is 3.30. The molecule has 0 spiro atoms. The van der Waals surface area contributed by atoms with Crippen LogP contribution in [0.1, 0.15) is 41.9 Å². The van der Waals surface area contributed by atoms with E-state index in [0.29, 0.717) is 13.1 Å². The standard InChI is InChI=1S/C20H26N4O2/c1-3-11-24-19(25)9-8-18(22-24)20(26)21-13-15(2)23-12-10-16-6-4-5-7-17(16)14-23/h4-9,15H,3,10-14H2,1-2H3,(H,21,26). The van der Waals surface area contributed by atoms with Crippen LogP contribution in [-0.2, 0) is 19.5 Å². The molecule has 1 unspecified atom stereocenters. The van der Waals surface area contributed by atoms with Crippen molar-refractivity contribution in [3.8, 4) is 0 Å². The Hall–Kier alpha value is -2.47. The molecule has 1 atom stereocenters. The fraction of sp³-hybridized carbons (Fsp3) is 0.450. The number of nitrogens with zero attached hydrogens (tertiary/aromatic N) is 3. The second-order valence-electron chi connectivity index (χ2n) is 6.83. The van der Waals surface area contributed by atoms with Crippen molar-refractivity contribution in [2.75, 3.05) is 13.1 Å². The Bertz CT molecular complexity index is 831. The molecule has 26 heavy (non-hydrogen) atoms. The molecule has 6 nitrogen and oxygen atoms in total. The first-order chi connectivity index (χ1) is 12.6. The normalized spacial score (nSPS) is 15.3. The van der Waals surface area contributed by atoms with Crippen molar-refractivity contribution in [2.45, 2.75) is 45.8 Å².